The van der Waals surface area contributed by atoms with Crippen molar-refractivity contribution in [2.24, 2.45) is 7.05 Å². The fourth-order valence-corrected chi connectivity index (χ4v) is 2.58. The fourth-order valence-electron chi connectivity index (χ4n) is 1.96. The van der Waals surface area contributed by atoms with Gasteiger partial charge in [0.25, 0.3) is 0 Å². The molecule has 0 fully saturated rings. The summed E-state index contributed by atoms with van der Waals surface area (Å²) < 4.78 is 2.66. The SMILES string of the molecule is CCCNC(c1cccc(Br)c1Cl)c1cnnn1C. The third kappa shape index (κ3) is 3.16. The van der Waals surface area contributed by atoms with Crippen LogP contribution >= 0.6 is 27.5 Å². The second kappa shape index (κ2) is 6.50. The molecule has 0 bridgehead atoms. The first-order chi connectivity index (χ1) is 9.15. The highest BCUT2D eigenvalue weighted by Gasteiger charge is 2.20. The summed E-state index contributed by atoms with van der Waals surface area (Å²) in [6.07, 6.45) is 2.82. The molecule has 0 aliphatic heterocycles. The van der Waals surface area contributed by atoms with E-state index in [1.807, 2.05) is 25.2 Å². The van der Waals surface area contributed by atoms with Crippen molar-refractivity contribution in [2.75, 3.05) is 6.54 Å². The molecule has 1 aromatic heterocycles. The van der Waals surface area contributed by atoms with Gasteiger partial charge in [-0.1, -0.05) is 35.9 Å². The lowest BCUT2D eigenvalue weighted by molar-refractivity contribution is 0.550. The molecule has 4 nitrogen and oxygen atoms in total. The number of aromatic nitrogens is 3. The lowest BCUT2D eigenvalue weighted by atomic mass is 10.0. The number of nitrogens with zero attached hydrogens (tertiary/aromatic N) is 3. The van der Waals surface area contributed by atoms with Gasteiger partial charge in [0.1, 0.15) is 0 Å². The molecule has 1 aromatic carbocycles. The van der Waals surface area contributed by atoms with Crippen LogP contribution in [0.3, 0.4) is 0 Å². The summed E-state index contributed by atoms with van der Waals surface area (Å²) >= 11 is 9.87. The molecule has 0 amide bonds. The summed E-state index contributed by atoms with van der Waals surface area (Å²) in [6, 6.07) is 5.93. The van der Waals surface area contributed by atoms with Crippen LogP contribution in [0.15, 0.2) is 28.9 Å². The van der Waals surface area contributed by atoms with Crippen molar-refractivity contribution in [1.82, 2.24) is 20.3 Å². The van der Waals surface area contributed by atoms with E-state index in [0.29, 0.717) is 0 Å². The number of benzene rings is 1. The Hall–Kier alpha value is -0.910. The molecule has 0 spiro atoms. The third-order valence-electron chi connectivity index (χ3n) is 2.94. The van der Waals surface area contributed by atoms with Crippen molar-refractivity contribution >= 4 is 27.5 Å². The second-order valence-electron chi connectivity index (χ2n) is 4.31. The first kappa shape index (κ1) is 14.5. The zero-order chi connectivity index (χ0) is 13.8. The molecule has 102 valence electrons. The number of aryl methyl sites for hydroxylation is 1. The van der Waals surface area contributed by atoms with Crippen molar-refractivity contribution in [1.29, 1.82) is 0 Å². The van der Waals surface area contributed by atoms with E-state index in [1.165, 1.54) is 0 Å². The number of halogens is 2. The standard InChI is InChI=1S/C13H16BrClN4/c1-3-7-16-13(11-8-17-18-19(11)2)9-5-4-6-10(14)12(9)15/h4-6,8,13,16H,3,7H2,1-2H3. The van der Waals surface area contributed by atoms with Crippen LogP contribution in [0.25, 0.3) is 0 Å². The Kier molecular flexibility index (Phi) is 4.96. The van der Waals surface area contributed by atoms with E-state index >= 15 is 0 Å². The van der Waals surface area contributed by atoms with Crippen molar-refractivity contribution in [3.63, 3.8) is 0 Å². The molecule has 19 heavy (non-hydrogen) atoms. The van der Waals surface area contributed by atoms with Gasteiger partial charge in [0.15, 0.2) is 0 Å². The minimum absolute atomic E-state index is 0.00931. The molecular formula is C13H16BrClN4. The maximum absolute atomic E-state index is 6.40. The monoisotopic (exact) mass is 342 g/mol. The van der Waals surface area contributed by atoms with Crippen LogP contribution < -0.4 is 5.32 Å². The van der Waals surface area contributed by atoms with Gasteiger partial charge in [0, 0.05) is 11.5 Å². The van der Waals surface area contributed by atoms with Crippen LogP contribution in [-0.2, 0) is 7.05 Å². The summed E-state index contributed by atoms with van der Waals surface area (Å²) in [4.78, 5) is 0. The zero-order valence-corrected chi connectivity index (χ0v) is 13.2. The van der Waals surface area contributed by atoms with Gasteiger partial charge in [-0.15, -0.1) is 5.10 Å². The molecule has 1 atom stereocenters. The summed E-state index contributed by atoms with van der Waals surface area (Å²) in [7, 11) is 1.88. The Morgan fingerprint density at radius 3 is 2.89 bits per heavy atom. The van der Waals surface area contributed by atoms with E-state index in [9.17, 15) is 0 Å². The molecule has 0 saturated heterocycles. The van der Waals surface area contributed by atoms with Crippen LogP contribution in [0, 0.1) is 0 Å². The molecular weight excluding hydrogens is 328 g/mol. The first-order valence-electron chi connectivity index (χ1n) is 6.17. The molecule has 2 rings (SSSR count). The van der Waals surface area contributed by atoms with E-state index in [2.05, 4.69) is 38.5 Å². The third-order valence-corrected chi connectivity index (χ3v) is 4.25. The minimum Gasteiger partial charge on any atom is -0.305 e. The van der Waals surface area contributed by atoms with Crippen LogP contribution in [0.5, 0.6) is 0 Å². The van der Waals surface area contributed by atoms with E-state index in [4.69, 9.17) is 11.6 Å². The van der Waals surface area contributed by atoms with Gasteiger partial charge in [-0.05, 0) is 40.5 Å². The maximum atomic E-state index is 6.40. The molecule has 0 aliphatic carbocycles. The number of nitrogens with one attached hydrogen (secondary N) is 1. The van der Waals surface area contributed by atoms with Gasteiger partial charge in [-0.2, -0.15) is 0 Å². The van der Waals surface area contributed by atoms with Gasteiger partial charge in [0.2, 0.25) is 0 Å². The molecule has 0 saturated carbocycles. The predicted molar refractivity (Wildman–Crippen MR) is 80.3 cm³/mol. The average Bonchev–Trinajstić information content (AvgIpc) is 2.81. The summed E-state index contributed by atoms with van der Waals surface area (Å²) in [6.45, 7) is 3.03. The summed E-state index contributed by atoms with van der Waals surface area (Å²) in [5, 5.41) is 12.2. The lowest BCUT2D eigenvalue weighted by Gasteiger charge is -2.20. The van der Waals surface area contributed by atoms with E-state index < -0.39 is 0 Å². The minimum atomic E-state index is -0.00931. The second-order valence-corrected chi connectivity index (χ2v) is 5.54. The average molecular weight is 344 g/mol. The van der Waals surface area contributed by atoms with Gasteiger partial charge >= 0.3 is 0 Å². The molecule has 1 unspecified atom stereocenters. The lowest BCUT2D eigenvalue weighted by Crippen LogP contribution is -2.25. The van der Waals surface area contributed by atoms with Gasteiger partial charge < -0.3 is 5.32 Å². The Morgan fingerprint density at radius 1 is 1.47 bits per heavy atom. The normalized spacial score (nSPS) is 12.6. The first-order valence-corrected chi connectivity index (χ1v) is 7.34. The quantitative estimate of drug-likeness (QED) is 0.905. The molecule has 0 radical (unpaired) electrons. The topological polar surface area (TPSA) is 42.7 Å². The van der Waals surface area contributed by atoms with Gasteiger partial charge in [0.05, 0.1) is 23.0 Å². The molecule has 1 heterocycles. The zero-order valence-electron chi connectivity index (χ0n) is 10.9. The van der Waals surface area contributed by atoms with Crippen LogP contribution in [0.2, 0.25) is 5.02 Å². The van der Waals surface area contributed by atoms with Crippen molar-refractivity contribution in [3.8, 4) is 0 Å². The Balaban J connectivity index is 2.43. The van der Waals surface area contributed by atoms with Crippen LogP contribution in [0.4, 0.5) is 0 Å². The predicted octanol–water partition coefficient (Wildman–Crippen LogP) is 3.32. The van der Waals surface area contributed by atoms with Crippen LogP contribution in [0.1, 0.15) is 30.6 Å². The number of rotatable bonds is 5. The van der Waals surface area contributed by atoms with Crippen LogP contribution in [-0.4, -0.2) is 21.5 Å². The summed E-state index contributed by atoms with van der Waals surface area (Å²) in [5.41, 5.74) is 2.02. The number of hydrogen-bond donors (Lipinski definition) is 1. The van der Waals surface area contributed by atoms with E-state index in [-0.39, 0.29) is 6.04 Å². The Morgan fingerprint density at radius 2 is 2.26 bits per heavy atom. The maximum Gasteiger partial charge on any atom is 0.0799 e. The molecule has 0 aliphatic rings. The highest BCUT2D eigenvalue weighted by atomic mass is 79.9. The fraction of sp³-hybridized carbons (Fsp3) is 0.385. The smallest absolute Gasteiger partial charge is 0.0799 e. The largest absolute Gasteiger partial charge is 0.305 e. The van der Waals surface area contributed by atoms with Crippen molar-refractivity contribution in [2.45, 2.75) is 19.4 Å². The van der Waals surface area contributed by atoms with E-state index in [1.54, 1.807) is 10.9 Å². The number of hydrogen-bond acceptors (Lipinski definition) is 3. The molecule has 1 N–H and O–H groups in total. The summed E-state index contributed by atoms with van der Waals surface area (Å²) in [5.74, 6) is 0. The Labute approximate surface area is 126 Å². The highest BCUT2D eigenvalue weighted by Crippen LogP contribution is 2.32. The van der Waals surface area contributed by atoms with Crippen molar-refractivity contribution in [3.05, 3.63) is 45.1 Å². The van der Waals surface area contributed by atoms with Gasteiger partial charge in [-0.25, -0.2) is 0 Å². The van der Waals surface area contributed by atoms with E-state index in [0.717, 1.165) is 33.7 Å². The van der Waals surface area contributed by atoms with Crippen molar-refractivity contribution < 1.29 is 0 Å². The molecule has 2 aromatic rings. The Bertz CT molecular complexity index is 555. The molecule has 6 heteroatoms. The van der Waals surface area contributed by atoms with Gasteiger partial charge in [-0.3, -0.25) is 4.68 Å². The highest BCUT2D eigenvalue weighted by molar-refractivity contribution is 9.10.